The minimum Gasteiger partial charge on any atom is -0.445 e. The fraction of sp³-hybridized carbons (Fsp3) is 0.375. The van der Waals surface area contributed by atoms with E-state index in [1.54, 1.807) is 6.20 Å². The first-order valence-electron chi connectivity index (χ1n) is 6.86. The number of benzene rings is 1. The summed E-state index contributed by atoms with van der Waals surface area (Å²) in [6.45, 7) is 7.77. The summed E-state index contributed by atoms with van der Waals surface area (Å²) in [5.41, 5.74) is 8.22. The first kappa shape index (κ1) is 18.2. The zero-order valence-electron chi connectivity index (χ0n) is 13.2. The highest BCUT2D eigenvalue weighted by atomic mass is 35.5. The van der Waals surface area contributed by atoms with Gasteiger partial charge in [-0.3, -0.25) is 4.79 Å². The van der Waals surface area contributed by atoms with E-state index in [1.807, 2.05) is 45.9 Å². The van der Waals surface area contributed by atoms with Crippen LogP contribution in [0.3, 0.4) is 0 Å². The fourth-order valence-corrected chi connectivity index (χ4v) is 1.90. The van der Waals surface area contributed by atoms with Crippen molar-refractivity contribution in [2.24, 2.45) is 11.1 Å². The molecule has 22 heavy (non-hydrogen) atoms. The molecule has 0 aliphatic heterocycles. The average Bonchev–Trinajstić information content (AvgIpc) is 2.92. The molecule has 1 heterocycles. The van der Waals surface area contributed by atoms with Crippen LogP contribution in [0.15, 0.2) is 35.1 Å². The Balaban J connectivity index is 0.00000242. The van der Waals surface area contributed by atoms with E-state index in [4.69, 9.17) is 10.2 Å². The lowest BCUT2D eigenvalue weighted by atomic mass is 9.87. The van der Waals surface area contributed by atoms with Crippen molar-refractivity contribution in [3.63, 3.8) is 0 Å². The Morgan fingerprint density at radius 3 is 2.59 bits per heavy atom. The predicted octanol–water partition coefficient (Wildman–Crippen LogP) is 3.38. The second-order valence-corrected chi connectivity index (χ2v) is 6.20. The minimum absolute atomic E-state index is 0. The van der Waals surface area contributed by atoms with Gasteiger partial charge >= 0.3 is 0 Å². The number of anilines is 1. The van der Waals surface area contributed by atoms with Crippen LogP contribution in [-0.2, 0) is 4.79 Å². The number of nitrogens with one attached hydrogen (secondary N) is 1. The van der Waals surface area contributed by atoms with E-state index in [1.165, 1.54) is 6.26 Å². The number of rotatable bonds is 3. The number of oxazole rings is 1. The number of aromatic nitrogens is 1. The zero-order chi connectivity index (χ0) is 15.6. The molecule has 120 valence electrons. The van der Waals surface area contributed by atoms with Crippen LogP contribution in [0.25, 0.3) is 11.5 Å². The lowest BCUT2D eigenvalue weighted by molar-refractivity contribution is -0.119. The van der Waals surface area contributed by atoms with Crippen molar-refractivity contribution in [3.05, 3.63) is 36.2 Å². The molecule has 1 atom stereocenters. The molecule has 0 aliphatic carbocycles. The van der Waals surface area contributed by atoms with Crippen LogP contribution in [-0.4, -0.2) is 16.9 Å². The first-order valence-corrected chi connectivity index (χ1v) is 6.86. The van der Waals surface area contributed by atoms with E-state index in [0.717, 1.165) is 11.1 Å². The molecule has 2 aromatic rings. The van der Waals surface area contributed by atoms with E-state index in [2.05, 4.69) is 10.3 Å². The maximum absolute atomic E-state index is 12.2. The normalized spacial score (nSPS) is 12.4. The highest BCUT2D eigenvalue weighted by molar-refractivity contribution is 5.95. The van der Waals surface area contributed by atoms with Gasteiger partial charge in [0, 0.05) is 11.3 Å². The summed E-state index contributed by atoms with van der Waals surface area (Å²) in [7, 11) is 0. The van der Waals surface area contributed by atoms with Crippen molar-refractivity contribution in [2.45, 2.75) is 33.7 Å². The fourth-order valence-electron chi connectivity index (χ4n) is 1.90. The SMILES string of the molecule is Cc1ccc(NC(=O)[C@@H](N)C(C)(C)C)cc1-c1ncco1.Cl. The van der Waals surface area contributed by atoms with Crippen molar-refractivity contribution < 1.29 is 9.21 Å². The number of nitrogens with two attached hydrogens (primary N) is 1. The van der Waals surface area contributed by atoms with Gasteiger partial charge in [-0.1, -0.05) is 26.8 Å². The molecule has 0 saturated heterocycles. The van der Waals surface area contributed by atoms with Crippen LogP contribution in [0.1, 0.15) is 26.3 Å². The molecule has 1 aromatic heterocycles. The van der Waals surface area contributed by atoms with E-state index in [0.29, 0.717) is 11.6 Å². The highest BCUT2D eigenvalue weighted by Crippen LogP contribution is 2.26. The van der Waals surface area contributed by atoms with Crippen LogP contribution < -0.4 is 11.1 Å². The lowest BCUT2D eigenvalue weighted by Crippen LogP contribution is -2.45. The third-order valence-electron chi connectivity index (χ3n) is 3.38. The Labute approximate surface area is 136 Å². The Bertz CT molecular complexity index is 633. The van der Waals surface area contributed by atoms with Gasteiger partial charge < -0.3 is 15.5 Å². The number of halogens is 1. The summed E-state index contributed by atoms with van der Waals surface area (Å²) >= 11 is 0. The monoisotopic (exact) mass is 323 g/mol. The Hall–Kier alpha value is -1.85. The molecule has 0 fully saturated rings. The standard InChI is InChI=1S/C16H21N3O2.ClH/c1-10-5-6-11(9-12(10)15-18-7-8-21-15)19-14(20)13(17)16(2,3)4;/h5-9,13H,17H2,1-4H3,(H,19,20);1H/t13-;/m1./s1. The van der Waals surface area contributed by atoms with Crippen LogP contribution in [0.5, 0.6) is 0 Å². The highest BCUT2D eigenvalue weighted by Gasteiger charge is 2.27. The molecule has 1 aromatic carbocycles. The van der Waals surface area contributed by atoms with Gasteiger partial charge in [0.1, 0.15) is 6.26 Å². The van der Waals surface area contributed by atoms with Crippen LogP contribution in [0.4, 0.5) is 5.69 Å². The maximum Gasteiger partial charge on any atom is 0.241 e. The molecular formula is C16H22ClN3O2. The summed E-state index contributed by atoms with van der Waals surface area (Å²) in [5, 5.41) is 2.84. The smallest absolute Gasteiger partial charge is 0.241 e. The molecule has 0 saturated carbocycles. The molecule has 2 rings (SSSR count). The van der Waals surface area contributed by atoms with Gasteiger partial charge in [-0.2, -0.15) is 0 Å². The minimum atomic E-state index is -0.580. The first-order chi connectivity index (χ1) is 9.79. The van der Waals surface area contributed by atoms with Crippen molar-refractivity contribution in [2.75, 3.05) is 5.32 Å². The van der Waals surface area contributed by atoms with Gasteiger partial charge in [0.25, 0.3) is 0 Å². The summed E-state index contributed by atoms with van der Waals surface area (Å²) in [5.74, 6) is 0.327. The molecule has 3 N–H and O–H groups in total. The van der Waals surface area contributed by atoms with Gasteiger partial charge in [-0.15, -0.1) is 12.4 Å². The summed E-state index contributed by atoms with van der Waals surface area (Å²) in [6, 6.07) is 5.02. The average molecular weight is 324 g/mol. The maximum atomic E-state index is 12.2. The van der Waals surface area contributed by atoms with E-state index in [-0.39, 0.29) is 23.7 Å². The molecule has 0 unspecified atom stereocenters. The molecule has 0 radical (unpaired) electrons. The Morgan fingerprint density at radius 2 is 2.05 bits per heavy atom. The number of hydrogen-bond acceptors (Lipinski definition) is 4. The van der Waals surface area contributed by atoms with Crippen LogP contribution >= 0.6 is 12.4 Å². The summed E-state index contributed by atoms with van der Waals surface area (Å²) in [6.07, 6.45) is 3.12. The number of nitrogens with zero attached hydrogens (tertiary/aromatic N) is 1. The van der Waals surface area contributed by atoms with E-state index >= 15 is 0 Å². The molecule has 0 bridgehead atoms. The molecule has 5 nitrogen and oxygen atoms in total. The third-order valence-corrected chi connectivity index (χ3v) is 3.38. The van der Waals surface area contributed by atoms with Gasteiger partial charge in [0.15, 0.2) is 0 Å². The molecule has 0 spiro atoms. The van der Waals surface area contributed by atoms with Gasteiger partial charge in [-0.05, 0) is 30.0 Å². The quantitative estimate of drug-likeness (QED) is 0.907. The largest absolute Gasteiger partial charge is 0.445 e. The number of carbonyl (C=O) groups excluding carboxylic acids is 1. The van der Waals surface area contributed by atoms with Crippen molar-refractivity contribution in [1.82, 2.24) is 4.98 Å². The van der Waals surface area contributed by atoms with E-state index < -0.39 is 6.04 Å². The second-order valence-electron chi connectivity index (χ2n) is 6.20. The molecule has 6 heteroatoms. The predicted molar refractivity (Wildman–Crippen MR) is 90.0 cm³/mol. The second kappa shape index (κ2) is 6.94. The Morgan fingerprint density at radius 1 is 1.36 bits per heavy atom. The third kappa shape index (κ3) is 4.08. The lowest BCUT2D eigenvalue weighted by Gasteiger charge is -2.25. The van der Waals surface area contributed by atoms with Gasteiger partial charge in [-0.25, -0.2) is 4.98 Å². The summed E-state index contributed by atoms with van der Waals surface area (Å²) in [4.78, 5) is 16.3. The van der Waals surface area contributed by atoms with Crippen molar-refractivity contribution in [1.29, 1.82) is 0 Å². The zero-order valence-corrected chi connectivity index (χ0v) is 14.0. The number of hydrogen-bond donors (Lipinski definition) is 2. The topological polar surface area (TPSA) is 81.2 Å². The van der Waals surface area contributed by atoms with Gasteiger partial charge in [0.2, 0.25) is 11.8 Å². The van der Waals surface area contributed by atoms with E-state index in [9.17, 15) is 4.79 Å². The molecular weight excluding hydrogens is 302 g/mol. The van der Waals surface area contributed by atoms with Crippen LogP contribution in [0.2, 0.25) is 0 Å². The summed E-state index contributed by atoms with van der Waals surface area (Å²) < 4.78 is 5.31. The number of amides is 1. The molecule has 0 aliphatic rings. The van der Waals surface area contributed by atoms with Gasteiger partial charge in [0.05, 0.1) is 12.2 Å². The molecule has 1 amide bonds. The van der Waals surface area contributed by atoms with Crippen molar-refractivity contribution in [3.8, 4) is 11.5 Å². The van der Waals surface area contributed by atoms with Crippen molar-refractivity contribution >= 4 is 24.0 Å². The Kier molecular flexibility index (Phi) is 5.74. The number of aryl methyl sites for hydroxylation is 1. The van der Waals surface area contributed by atoms with Crippen LogP contribution in [0, 0.1) is 12.3 Å². The number of carbonyl (C=O) groups is 1.